The lowest BCUT2D eigenvalue weighted by Gasteiger charge is -2.02. The fourth-order valence-electron chi connectivity index (χ4n) is 0.731. The highest BCUT2D eigenvalue weighted by Crippen LogP contribution is 2.05. The minimum Gasteiger partial charge on any atom is -0.211 e. The first-order valence-corrected chi connectivity index (χ1v) is 2.84. The van der Waals surface area contributed by atoms with Crippen LogP contribution in [0.2, 0.25) is 0 Å². The summed E-state index contributed by atoms with van der Waals surface area (Å²) in [6, 6.07) is 0.0347. The van der Waals surface area contributed by atoms with Crippen LogP contribution < -0.4 is 0 Å². The average molecular weight is 121 g/mol. The van der Waals surface area contributed by atoms with E-state index < -0.39 is 0 Å². The molecule has 0 fully saturated rings. The van der Waals surface area contributed by atoms with Crippen molar-refractivity contribution in [2.24, 2.45) is 4.99 Å². The van der Waals surface area contributed by atoms with Gasteiger partial charge in [0.25, 0.3) is 0 Å². The van der Waals surface area contributed by atoms with Gasteiger partial charge in [-0.05, 0) is 6.42 Å². The Morgan fingerprint density at radius 2 is 2.44 bits per heavy atom. The van der Waals surface area contributed by atoms with Crippen LogP contribution in [0.25, 0.3) is 0 Å². The van der Waals surface area contributed by atoms with Crippen molar-refractivity contribution in [1.82, 2.24) is 0 Å². The Hall–Kier alpha value is -1.14. The van der Waals surface area contributed by atoms with Gasteiger partial charge in [-0.15, -0.1) is 0 Å². The second kappa shape index (κ2) is 3.00. The number of aliphatic imine (C=N–C) groups is 1. The molecule has 1 aliphatic rings. The van der Waals surface area contributed by atoms with Crippen molar-refractivity contribution in [3.8, 4) is 0 Å². The molecule has 1 rings (SSSR count). The molecule has 1 atom stereocenters. The molecular formula is C7H7NO. The summed E-state index contributed by atoms with van der Waals surface area (Å²) in [5.74, 6) is 0. The molecule has 2 heteroatoms. The van der Waals surface area contributed by atoms with E-state index in [1.807, 2.05) is 24.3 Å². The van der Waals surface area contributed by atoms with Crippen LogP contribution >= 0.6 is 0 Å². The molecule has 0 amide bonds. The third-order valence-electron chi connectivity index (χ3n) is 1.18. The van der Waals surface area contributed by atoms with Crippen LogP contribution in [0.15, 0.2) is 29.3 Å². The van der Waals surface area contributed by atoms with Crippen LogP contribution in [-0.2, 0) is 4.79 Å². The van der Waals surface area contributed by atoms with Gasteiger partial charge in [-0.2, -0.15) is 4.99 Å². The molecule has 0 N–H and O–H groups in total. The van der Waals surface area contributed by atoms with Crippen LogP contribution in [0.3, 0.4) is 0 Å². The summed E-state index contributed by atoms with van der Waals surface area (Å²) < 4.78 is 0. The molecule has 0 aromatic heterocycles. The van der Waals surface area contributed by atoms with E-state index >= 15 is 0 Å². The van der Waals surface area contributed by atoms with Crippen LogP contribution in [0, 0.1) is 0 Å². The summed E-state index contributed by atoms with van der Waals surface area (Å²) in [7, 11) is 0. The first-order chi connectivity index (χ1) is 4.43. The summed E-state index contributed by atoms with van der Waals surface area (Å²) in [4.78, 5) is 13.3. The third kappa shape index (κ3) is 1.67. The van der Waals surface area contributed by atoms with Gasteiger partial charge in [0.15, 0.2) is 0 Å². The van der Waals surface area contributed by atoms with E-state index in [0.717, 1.165) is 6.42 Å². The molecule has 46 valence electrons. The zero-order valence-corrected chi connectivity index (χ0v) is 4.95. The molecule has 1 unspecified atom stereocenters. The molecular weight excluding hydrogens is 114 g/mol. The van der Waals surface area contributed by atoms with E-state index in [0.29, 0.717) is 0 Å². The SMILES string of the molecule is O=C=NC1C=CC=CC1. The lowest BCUT2D eigenvalue weighted by atomic mass is 10.1. The van der Waals surface area contributed by atoms with E-state index in [2.05, 4.69) is 4.99 Å². The average Bonchev–Trinajstić information content (AvgIpc) is 1.91. The number of isocyanates is 1. The molecule has 1 aliphatic carbocycles. The van der Waals surface area contributed by atoms with E-state index in [1.165, 1.54) is 6.08 Å². The molecule has 0 aromatic rings. The first kappa shape index (κ1) is 5.99. The number of rotatable bonds is 1. The largest absolute Gasteiger partial charge is 0.235 e. The normalized spacial score (nSPS) is 23.3. The molecule has 0 heterocycles. The summed E-state index contributed by atoms with van der Waals surface area (Å²) in [6.45, 7) is 0. The number of hydrogen-bond acceptors (Lipinski definition) is 2. The summed E-state index contributed by atoms with van der Waals surface area (Å²) in [5, 5.41) is 0. The van der Waals surface area contributed by atoms with Gasteiger partial charge in [0.1, 0.15) is 0 Å². The topological polar surface area (TPSA) is 29.4 Å². The summed E-state index contributed by atoms with van der Waals surface area (Å²) in [6.07, 6.45) is 10.0. The van der Waals surface area contributed by atoms with E-state index in [-0.39, 0.29) is 6.04 Å². The second-order valence-electron chi connectivity index (χ2n) is 1.84. The van der Waals surface area contributed by atoms with Crippen molar-refractivity contribution in [2.75, 3.05) is 0 Å². The molecule has 9 heavy (non-hydrogen) atoms. The van der Waals surface area contributed by atoms with Gasteiger partial charge >= 0.3 is 0 Å². The minimum absolute atomic E-state index is 0.0347. The van der Waals surface area contributed by atoms with E-state index in [9.17, 15) is 4.79 Å². The van der Waals surface area contributed by atoms with Gasteiger partial charge in [0.05, 0.1) is 6.04 Å². The highest BCUT2D eigenvalue weighted by atomic mass is 16.1. The lowest BCUT2D eigenvalue weighted by Crippen LogP contribution is -1.98. The van der Waals surface area contributed by atoms with Crippen molar-refractivity contribution in [1.29, 1.82) is 0 Å². The fraction of sp³-hybridized carbons (Fsp3) is 0.286. The smallest absolute Gasteiger partial charge is 0.211 e. The molecule has 0 spiro atoms. The molecule has 0 aliphatic heterocycles. The molecule has 0 saturated heterocycles. The standard InChI is InChI=1S/C7H7NO/c9-6-8-7-4-2-1-3-5-7/h1-4,7H,5H2. The van der Waals surface area contributed by atoms with Gasteiger partial charge in [0.2, 0.25) is 6.08 Å². The van der Waals surface area contributed by atoms with Crippen molar-refractivity contribution in [3.05, 3.63) is 24.3 Å². The molecule has 2 nitrogen and oxygen atoms in total. The number of allylic oxidation sites excluding steroid dienone is 2. The van der Waals surface area contributed by atoms with Crippen molar-refractivity contribution in [2.45, 2.75) is 12.5 Å². The molecule has 0 radical (unpaired) electrons. The predicted octanol–water partition coefficient (Wildman–Crippen LogP) is 1.21. The lowest BCUT2D eigenvalue weighted by molar-refractivity contribution is 0.560. The van der Waals surface area contributed by atoms with E-state index in [1.54, 1.807) is 0 Å². The maximum atomic E-state index is 9.72. The molecule has 0 saturated carbocycles. The second-order valence-corrected chi connectivity index (χ2v) is 1.84. The number of carbonyl (C=O) groups excluding carboxylic acids is 1. The molecule has 0 aromatic carbocycles. The zero-order chi connectivity index (χ0) is 6.53. The van der Waals surface area contributed by atoms with Crippen molar-refractivity contribution in [3.63, 3.8) is 0 Å². The number of hydrogen-bond donors (Lipinski definition) is 0. The maximum Gasteiger partial charge on any atom is 0.235 e. The van der Waals surface area contributed by atoms with Gasteiger partial charge in [-0.1, -0.05) is 24.3 Å². The Bertz CT molecular complexity index is 187. The Labute approximate surface area is 53.6 Å². The Balaban J connectivity index is 2.55. The minimum atomic E-state index is 0.0347. The van der Waals surface area contributed by atoms with Crippen LogP contribution in [0.5, 0.6) is 0 Å². The van der Waals surface area contributed by atoms with Crippen molar-refractivity contribution < 1.29 is 4.79 Å². The zero-order valence-electron chi connectivity index (χ0n) is 4.95. The third-order valence-corrected chi connectivity index (χ3v) is 1.18. The summed E-state index contributed by atoms with van der Waals surface area (Å²) >= 11 is 0. The Morgan fingerprint density at radius 3 is 3.00 bits per heavy atom. The van der Waals surface area contributed by atoms with Crippen LogP contribution in [-0.4, -0.2) is 12.1 Å². The Kier molecular flexibility index (Phi) is 2.00. The van der Waals surface area contributed by atoms with Gasteiger partial charge < -0.3 is 0 Å². The Morgan fingerprint density at radius 1 is 1.56 bits per heavy atom. The van der Waals surface area contributed by atoms with Crippen molar-refractivity contribution >= 4 is 6.08 Å². The van der Waals surface area contributed by atoms with Crippen LogP contribution in [0.1, 0.15) is 6.42 Å². The highest BCUT2D eigenvalue weighted by Gasteiger charge is 1.99. The molecule has 0 bridgehead atoms. The highest BCUT2D eigenvalue weighted by molar-refractivity contribution is 5.35. The quantitative estimate of drug-likeness (QED) is 0.378. The van der Waals surface area contributed by atoms with Crippen LogP contribution in [0.4, 0.5) is 0 Å². The maximum absolute atomic E-state index is 9.72. The fourth-order valence-corrected chi connectivity index (χ4v) is 0.731. The summed E-state index contributed by atoms with van der Waals surface area (Å²) in [5.41, 5.74) is 0. The first-order valence-electron chi connectivity index (χ1n) is 2.84. The number of nitrogens with zero attached hydrogens (tertiary/aromatic N) is 1. The van der Waals surface area contributed by atoms with Gasteiger partial charge in [-0.3, -0.25) is 0 Å². The monoisotopic (exact) mass is 121 g/mol. The van der Waals surface area contributed by atoms with Gasteiger partial charge in [-0.25, -0.2) is 4.79 Å². The van der Waals surface area contributed by atoms with Gasteiger partial charge in [0, 0.05) is 0 Å². The van der Waals surface area contributed by atoms with E-state index in [4.69, 9.17) is 0 Å². The predicted molar refractivity (Wildman–Crippen MR) is 34.8 cm³/mol.